The first-order chi connectivity index (χ1) is 9.40. The van der Waals surface area contributed by atoms with Crippen LogP contribution in [0.1, 0.15) is 19.7 Å². The Morgan fingerprint density at radius 1 is 1.65 bits per heavy atom. The number of aromatic nitrogens is 2. The van der Waals surface area contributed by atoms with Gasteiger partial charge in [0, 0.05) is 38.2 Å². The SMILES string of the molecule is Cn1ccnc1CCNC(=O)[C@H]1CSC(C)(C)C(=O)N1. The average Bonchev–Trinajstić information content (AvgIpc) is 2.78. The quantitative estimate of drug-likeness (QED) is 0.825. The van der Waals surface area contributed by atoms with Crippen molar-refractivity contribution >= 4 is 23.6 Å². The molecule has 0 unspecified atom stereocenters. The molecule has 20 heavy (non-hydrogen) atoms. The number of carbonyl (C=O) groups is 2. The third-order valence-corrected chi connectivity index (χ3v) is 4.76. The molecule has 0 aliphatic carbocycles. The molecule has 1 saturated heterocycles. The van der Waals surface area contributed by atoms with Gasteiger partial charge in [-0.3, -0.25) is 9.59 Å². The molecule has 2 heterocycles. The fraction of sp³-hybridized carbons (Fsp3) is 0.615. The van der Waals surface area contributed by atoms with Gasteiger partial charge in [0.25, 0.3) is 0 Å². The first kappa shape index (κ1) is 14.9. The molecule has 1 aliphatic heterocycles. The Balaban J connectivity index is 1.78. The molecular formula is C13H20N4O2S. The molecule has 7 heteroatoms. The fourth-order valence-electron chi connectivity index (χ4n) is 1.93. The zero-order valence-corrected chi connectivity index (χ0v) is 12.8. The molecule has 1 aromatic heterocycles. The van der Waals surface area contributed by atoms with Crippen LogP contribution in [0.2, 0.25) is 0 Å². The van der Waals surface area contributed by atoms with E-state index in [1.165, 1.54) is 11.8 Å². The predicted octanol–water partition coefficient (Wildman–Crippen LogP) is 0.0890. The highest BCUT2D eigenvalue weighted by molar-refractivity contribution is 8.01. The van der Waals surface area contributed by atoms with Gasteiger partial charge >= 0.3 is 0 Å². The molecule has 1 fully saturated rings. The maximum absolute atomic E-state index is 12.0. The van der Waals surface area contributed by atoms with Crippen LogP contribution < -0.4 is 10.6 Å². The van der Waals surface area contributed by atoms with Crippen molar-refractivity contribution in [2.75, 3.05) is 12.3 Å². The second kappa shape index (κ2) is 5.87. The molecule has 0 saturated carbocycles. The molecule has 1 aliphatic rings. The summed E-state index contributed by atoms with van der Waals surface area (Å²) in [7, 11) is 1.92. The van der Waals surface area contributed by atoms with E-state index in [4.69, 9.17) is 0 Å². The molecule has 0 aromatic carbocycles. The number of thioether (sulfide) groups is 1. The highest BCUT2D eigenvalue weighted by Crippen LogP contribution is 2.28. The molecule has 0 spiro atoms. The van der Waals surface area contributed by atoms with Gasteiger partial charge in [0.05, 0.1) is 4.75 Å². The van der Waals surface area contributed by atoms with E-state index in [1.54, 1.807) is 6.20 Å². The smallest absolute Gasteiger partial charge is 0.243 e. The number of hydrogen-bond donors (Lipinski definition) is 2. The minimum Gasteiger partial charge on any atom is -0.354 e. The number of imidazole rings is 1. The van der Waals surface area contributed by atoms with Crippen molar-refractivity contribution in [3.8, 4) is 0 Å². The van der Waals surface area contributed by atoms with Crippen LogP contribution in [-0.2, 0) is 23.1 Å². The number of hydrogen-bond acceptors (Lipinski definition) is 4. The van der Waals surface area contributed by atoms with Gasteiger partial charge in [-0.1, -0.05) is 0 Å². The minimum atomic E-state index is -0.455. The number of carbonyl (C=O) groups excluding carboxylic acids is 2. The van der Waals surface area contributed by atoms with Crippen molar-refractivity contribution in [2.24, 2.45) is 7.05 Å². The van der Waals surface area contributed by atoms with Crippen molar-refractivity contribution in [1.82, 2.24) is 20.2 Å². The van der Waals surface area contributed by atoms with Crippen LogP contribution in [0.15, 0.2) is 12.4 Å². The zero-order chi connectivity index (χ0) is 14.8. The monoisotopic (exact) mass is 296 g/mol. The Hall–Kier alpha value is -1.50. The lowest BCUT2D eigenvalue weighted by atomic mass is 10.1. The minimum absolute atomic E-state index is 0.0852. The van der Waals surface area contributed by atoms with E-state index in [0.29, 0.717) is 18.7 Å². The molecular weight excluding hydrogens is 276 g/mol. The van der Waals surface area contributed by atoms with Crippen molar-refractivity contribution in [2.45, 2.75) is 31.1 Å². The van der Waals surface area contributed by atoms with E-state index in [9.17, 15) is 9.59 Å². The van der Waals surface area contributed by atoms with E-state index in [0.717, 1.165) is 5.82 Å². The van der Waals surface area contributed by atoms with Crippen molar-refractivity contribution in [1.29, 1.82) is 0 Å². The molecule has 2 N–H and O–H groups in total. The van der Waals surface area contributed by atoms with Gasteiger partial charge in [-0.25, -0.2) is 4.98 Å². The molecule has 6 nitrogen and oxygen atoms in total. The largest absolute Gasteiger partial charge is 0.354 e. The second-order valence-electron chi connectivity index (χ2n) is 5.34. The van der Waals surface area contributed by atoms with Crippen LogP contribution in [0.3, 0.4) is 0 Å². The molecule has 2 rings (SSSR count). The molecule has 0 bridgehead atoms. The third kappa shape index (κ3) is 3.33. The summed E-state index contributed by atoms with van der Waals surface area (Å²) in [6, 6.07) is -0.443. The predicted molar refractivity (Wildman–Crippen MR) is 78.4 cm³/mol. The van der Waals surface area contributed by atoms with E-state index >= 15 is 0 Å². The van der Waals surface area contributed by atoms with Gasteiger partial charge in [-0.15, -0.1) is 11.8 Å². The van der Waals surface area contributed by atoms with Crippen molar-refractivity contribution < 1.29 is 9.59 Å². The lowest BCUT2D eigenvalue weighted by molar-refractivity contribution is -0.129. The molecule has 1 aromatic rings. The maximum Gasteiger partial charge on any atom is 0.243 e. The second-order valence-corrected chi connectivity index (χ2v) is 6.99. The van der Waals surface area contributed by atoms with Crippen LogP contribution in [0.4, 0.5) is 0 Å². The number of amides is 2. The highest BCUT2D eigenvalue weighted by atomic mass is 32.2. The lowest BCUT2D eigenvalue weighted by Gasteiger charge is -2.32. The van der Waals surface area contributed by atoms with Gasteiger partial charge in [0.15, 0.2) is 0 Å². The number of aryl methyl sites for hydroxylation is 1. The van der Waals surface area contributed by atoms with Gasteiger partial charge in [0.1, 0.15) is 11.9 Å². The maximum atomic E-state index is 12.0. The van der Waals surface area contributed by atoms with Crippen LogP contribution in [0.25, 0.3) is 0 Å². The lowest BCUT2D eigenvalue weighted by Crippen LogP contribution is -2.57. The fourth-order valence-corrected chi connectivity index (χ4v) is 2.94. The van der Waals surface area contributed by atoms with Gasteiger partial charge in [0.2, 0.25) is 11.8 Å². The van der Waals surface area contributed by atoms with E-state index in [1.807, 2.05) is 31.7 Å². The van der Waals surface area contributed by atoms with Gasteiger partial charge in [-0.2, -0.15) is 0 Å². The first-order valence-corrected chi connectivity index (χ1v) is 7.57. The summed E-state index contributed by atoms with van der Waals surface area (Å²) in [4.78, 5) is 28.0. The van der Waals surface area contributed by atoms with Crippen molar-refractivity contribution in [3.05, 3.63) is 18.2 Å². The summed E-state index contributed by atoms with van der Waals surface area (Å²) in [6.07, 6.45) is 4.28. The Bertz CT molecular complexity index is 512. The highest BCUT2D eigenvalue weighted by Gasteiger charge is 2.37. The molecule has 2 amide bonds. The van der Waals surface area contributed by atoms with Crippen molar-refractivity contribution in [3.63, 3.8) is 0 Å². The Morgan fingerprint density at radius 2 is 2.40 bits per heavy atom. The normalized spacial score (nSPS) is 21.4. The zero-order valence-electron chi connectivity index (χ0n) is 12.0. The van der Waals surface area contributed by atoms with E-state index in [-0.39, 0.29) is 11.8 Å². The van der Waals surface area contributed by atoms with Gasteiger partial charge < -0.3 is 15.2 Å². The number of rotatable bonds is 4. The van der Waals surface area contributed by atoms with E-state index in [2.05, 4.69) is 15.6 Å². The van der Waals surface area contributed by atoms with Crippen LogP contribution in [-0.4, -0.2) is 44.5 Å². The number of nitrogens with one attached hydrogen (secondary N) is 2. The Labute approximate surface area is 122 Å². The third-order valence-electron chi connectivity index (χ3n) is 3.35. The number of nitrogens with zero attached hydrogens (tertiary/aromatic N) is 2. The topological polar surface area (TPSA) is 76.0 Å². The average molecular weight is 296 g/mol. The summed E-state index contributed by atoms with van der Waals surface area (Å²) in [6.45, 7) is 4.24. The molecule has 1 atom stereocenters. The summed E-state index contributed by atoms with van der Waals surface area (Å²) in [5, 5.41) is 5.61. The summed E-state index contributed by atoms with van der Waals surface area (Å²) in [5.74, 6) is 1.31. The van der Waals surface area contributed by atoms with E-state index < -0.39 is 10.8 Å². The summed E-state index contributed by atoms with van der Waals surface area (Å²) >= 11 is 1.51. The van der Waals surface area contributed by atoms with Crippen LogP contribution in [0.5, 0.6) is 0 Å². The summed E-state index contributed by atoms with van der Waals surface area (Å²) in [5.41, 5.74) is 0. The first-order valence-electron chi connectivity index (χ1n) is 6.59. The Kier molecular flexibility index (Phi) is 4.37. The van der Waals surface area contributed by atoms with Crippen LogP contribution in [0, 0.1) is 0 Å². The standard InChI is InChI=1S/C13H20N4O2S/c1-13(2)12(19)16-9(8-20-13)11(18)15-5-4-10-14-6-7-17(10)3/h6-7,9H,4-5,8H2,1-3H3,(H,15,18)(H,16,19)/t9-/m1/s1. The molecule has 110 valence electrons. The summed E-state index contributed by atoms with van der Waals surface area (Å²) < 4.78 is 1.47. The van der Waals surface area contributed by atoms with Crippen LogP contribution >= 0.6 is 11.8 Å². The molecule has 0 radical (unpaired) electrons. The Morgan fingerprint density at radius 3 is 3.00 bits per heavy atom. The van der Waals surface area contributed by atoms with Gasteiger partial charge in [-0.05, 0) is 13.8 Å².